The van der Waals surface area contributed by atoms with Crippen molar-refractivity contribution in [3.63, 3.8) is 0 Å². The van der Waals surface area contributed by atoms with Gasteiger partial charge in [0.1, 0.15) is 5.75 Å². The van der Waals surface area contributed by atoms with Crippen molar-refractivity contribution in [2.45, 2.75) is 58.9 Å². The van der Waals surface area contributed by atoms with E-state index in [2.05, 4.69) is 38.2 Å². The third kappa shape index (κ3) is 3.91. The number of ether oxygens (including phenoxy) is 1. The minimum Gasteiger partial charge on any atom is -0.497 e. The van der Waals surface area contributed by atoms with Crippen molar-refractivity contribution in [3.05, 3.63) is 23.8 Å². The smallest absolute Gasteiger partial charge is 0.119 e. The lowest BCUT2D eigenvalue weighted by molar-refractivity contribution is 0.341. The van der Waals surface area contributed by atoms with Crippen molar-refractivity contribution in [2.75, 3.05) is 12.4 Å². The molecular weight excluding hydrogens is 246 g/mol. The van der Waals surface area contributed by atoms with Crippen molar-refractivity contribution >= 4 is 5.69 Å². The summed E-state index contributed by atoms with van der Waals surface area (Å²) in [6, 6.07) is 6.93. The summed E-state index contributed by atoms with van der Waals surface area (Å²) in [5.41, 5.74) is 2.54. The fourth-order valence-electron chi connectivity index (χ4n) is 3.29. The number of methoxy groups -OCH3 is 1. The molecule has 1 N–H and O–H groups in total. The Hall–Kier alpha value is -1.18. The van der Waals surface area contributed by atoms with Crippen LogP contribution >= 0.6 is 0 Å². The van der Waals surface area contributed by atoms with Gasteiger partial charge in [-0.3, -0.25) is 0 Å². The molecule has 0 heterocycles. The number of aryl methyl sites for hydroxylation is 1. The van der Waals surface area contributed by atoms with Gasteiger partial charge in [-0.15, -0.1) is 0 Å². The van der Waals surface area contributed by atoms with Crippen molar-refractivity contribution in [2.24, 2.45) is 11.8 Å². The minimum absolute atomic E-state index is 0.630. The van der Waals surface area contributed by atoms with Crippen molar-refractivity contribution in [1.29, 1.82) is 0 Å². The van der Waals surface area contributed by atoms with Gasteiger partial charge in [-0.2, -0.15) is 0 Å². The molecule has 0 aromatic heterocycles. The summed E-state index contributed by atoms with van der Waals surface area (Å²) in [5, 5.41) is 3.74. The zero-order valence-corrected chi connectivity index (χ0v) is 13.4. The molecule has 0 radical (unpaired) electrons. The van der Waals surface area contributed by atoms with Crippen LogP contribution in [0.4, 0.5) is 5.69 Å². The first-order valence-corrected chi connectivity index (χ1v) is 8.01. The lowest BCUT2D eigenvalue weighted by Gasteiger charge is -2.21. The zero-order chi connectivity index (χ0) is 14.5. The van der Waals surface area contributed by atoms with Crippen LogP contribution in [0.1, 0.15) is 51.5 Å². The third-order valence-corrected chi connectivity index (χ3v) is 4.75. The van der Waals surface area contributed by atoms with Gasteiger partial charge in [0.25, 0.3) is 0 Å². The van der Waals surface area contributed by atoms with Gasteiger partial charge in [0.2, 0.25) is 0 Å². The van der Waals surface area contributed by atoms with Crippen molar-refractivity contribution in [3.8, 4) is 5.75 Å². The predicted molar refractivity (Wildman–Crippen MR) is 86.6 cm³/mol. The van der Waals surface area contributed by atoms with Gasteiger partial charge >= 0.3 is 0 Å². The molecule has 1 aliphatic rings. The molecule has 2 rings (SSSR count). The lowest BCUT2D eigenvalue weighted by Crippen LogP contribution is -2.19. The topological polar surface area (TPSA) is 21.3 Å². The zero-order valence-electron chi connectivity index (χ0n) is 13.4. The van der Waals surface area contributed by atoms with Crippen LogP contribution in [0.2, 0.25) is 0 Å². The Labute approximate surface area is 123 Å². The second-order valence-electron chi connectivity index (χ2n) is 6.53. The summed E-state index contributed by atoms with van der Waals surface area (Å²) < 4.78 is 5.27. The molecule has 0 saturated heterocycles. The molecule has 0 amide bonds. The summed E-state index contributed by atoms with van der Waals surface area (Å²) in [4.78, 5) is 0. The molecule has 2 unspecified atom stereocenters. The largest absolute Gasteiger partial charge is 0.497 e. The van der Waals surface area contributed by atoms with Crippen LogP contribution in [0.15, 0.2) is 18.2 Å². The highest BCUT2D eigenvalue weighted by molar-refractivity contribution is 5.54. The van der Waals surface area contributed by atoms with Gasteiger partial charge in [0.05, 0.1) is 7.11 Å². The number of rotatable bonds is 4. The Bertz CT molecular complexity index is 427. The summed E-state index contributed by atoms with van der Waals surface area (Å²) in [6.45, 7) is 6.89. The molecule has 2 nitrogen and oxygen atoms in total. The first-order chi connectivity index (χ1) is 9.60. The molecule has 112 valence electrons. The van der Waals surface area contributed by atoms with E-state index in [1.807, 2.05) is 6.07 Å². The van der Waals surface area contributed by atoms with Gasteiger partial charge in [0.15, 0.2) is 0 Å². The monoisotopic (exact) mass is 275 g/mol. The number of benzene rings is 1. The Morgan fingerprint density at radius 3 is 2.60 bits per heavy atom. The van der Waals surface area contributed by atoms with Crippen LogP contribution < -0.4 is 10.1 Å². The highest BCUT2D eigenvalue weighted by atomic mass is 16.5. The Balaban J connectivity index is 1.96. The minimum atomic E-state index is 0.630. The SMILES string of the molecule is COc1ccc(NC2CCCC(C(C)C)CC2)c(C)c1. The normalized spacial score (nSPS) is 23.4. The maximum Gasteiger partial charge on any atom is 0.119 e. The Kier molecular flexibility index (Phi) is 5.33. The van der Waals surface area contributed by atoms with Gasteiger partial charge in [-0.1, -0.05) is 26.7 Å². The summed E-state index contributed by atoms with van der Waals surface area (Å²) in [6.07, 6.45) is 6.72. The molecule has 1 aromatic rings. The maximum absolute atomic E-state index is 5.27. The molecule has 1 saturated carbocycles. The fourth-order valence-corrected chi connectivity index (χ4v) is 3.29. The Morgan fingerprint density at radius 2 is 1.95 bits per heavy atom. The van der Waals surface area contributed by atoms with Crippen LogP contribution in [-0.4, -0.2) is 13.2 Å². The molecule has 0 bridgehead atoms. The van der Waals surface area contributed by atoms with Gasteiger partial charge in [-0.05, 0) is 61.8 Å². The van der Waals surface area contributed by atoms with E-state index >= 15 is 0 Å². The molecule has 1 aliphatic carbocycles. The molecule has 2 heteroatoms. The van der Waals surface area contributed by atoms with Crippen LogP contribution in [0, 0.1) is 18.8 Å². The molecule has 20 heavy (non-hydrogen) atoms. The lowest BCUT2D eigenvalue weighted by atomic mass is 9.89. The van der Waals surface area contributed by atoms with E-state index < -0.39 is 0 Å². The quantitative estimate of drug-likeness (QED) is 0.779. The number of hydrogen-bond donors (Lipinski definition) is 1. The van der Waals surface area contributed by atoms with E-state index in [0.29, 0.717) is 6.04 Å². The average Bonchev–Trinajstić information content (AvgIpc) is 2.66. The second kappa shape index (κ2) is 7.01. The molecule has 1 aromatic carbocycles. The molecule has 0 spiro atoms. The van der Waals surface area contributed by atoms with Gasteiger partial charge in [0, 0.05) is 11.7 Å². The van der Waals surface area contributed by atoms with Crippen LogP contribution in [0.3, 0.4) is 0 Å². The van der Waals surface area contributed by atoms with E-state index in [0.717, 1.165) is 17.6 Å². The molecule has 2 atom stereocenters. The summed E-state index contributed by atoms with van der Waals surface area (Å²) >= 11 is 0. The van der Waals surface area contributed by atoms with Crippen LogP contribution in [-0.2, 0) is 0 Å². The van der Waals surface area contributed by atoms with E-state index in [9.17, 15) is 0 Å². The highest BCUT2D eigenvalue weighted by Crippen LogP contribution is 2.31. The van der Waals surface area contributed by atoms with Gasteiger partial charge < -0.3 is 10.1 Å². The van der Waals surface area contributed by atoms with E-state index in [1.54, 1.807) is 7.11 Å². The predicted octanol–water partition coefficient (Wildman–Crippen LogP) is 5.02. The summed E-state index contributed by atoms with van der Waals surface area (Å²) in [7, 11) is 1.72. The van der Waals surface area contributed by atoms with E-state index in [4.69, 9.17) is 4.74 Å². The van der Waals surface area contributed by atoms with E-state index in [1.165, 1.54) is 43.4 Å². The third-order valence-electron chi connectivity index (χ3n) is 4.75. The van der Waals surface area contributed by atoms with Crippen LogP contribution in [0.25, 0.3) is 0 Å². The second-order valence-corrected chi connectivity index (χ2v) is 6.53. The highest BCUT2D eigenvalue weighted by Gasteiger charge is 2.21. The maximum atomic E-state index is 5.27. The number of hydrogen-bond acceptors (Lipinski definition) is 2. The average molecular weight is 275 g/mol. The van der Waals surface area contributed by atoms with Crippen molar-refractivity contribution in [1.82, 2.24) is 0 Å². The number of nitrogens with one attached hydrogen (secondary N) is 1. The molecule has 1 fully saturated rings. The standard InChI is InChI=1S/C18H29NO/c1-13(2)15-6-5-7-16(9-8-15)19-18-11-10-17(20-4)12-14(18)3/h10-13,15-16,19H,5-9H2,1-4H3. The molecular formula is C18H29NO. The van der Waals surface area contributed by atoms with Crippen LogP contribution in [0.5, 0.6) is 5.75 Å². The summed E-state index contributed by atoms with van der Waals surface area (Å²) in [5.74, 6) is 2.68. The van der Waals surface area contributed by atoms with E-state index in [-0.39, 0.29) is 0 Å². The Morgan fingerprint density at radius 1 is 1.15 bits per heavy atom. The fraction of sp³-hybridized carbons (Fsp3) is 0.667. The first kappa shape index (κ1) is 15.2. The first-order valence-electron chi connectivity index (χ1n) is 8.01. The van der Waals surface area contributed by atoms with Crippen molar-refractivity contribution < 1.29 is 4.74 Å². The number of anilines is 1. The molecule has 0 aliphatic heterocycles. The van der Waals surface area contributed by atoms with Gasteiger partial charge in [-0.25, -0.2) is 0 Å².